The van der Waals surface area contributed by atoms with Crippen molar-refractivity contribution in [3.63, 3.8) is 0 Å². The van der Waals surface area contributed by atoms with Crippen molar-refractivity contribution in [1.82, 2.24) is 19.7 Å². The van der Waals surface area contributed by atoms with Gasteiger partial charge in [0.15, 0.2) is 0 Å². The Morgan fingerprint density at radius 2 is 2.12 bits per heavy atom. The van der Waals surface area contributed by atoms with Gasteiger partial charge >= 0.3 is 0 Å². The molecule has 10 heteroatoms. The number of benzene rings is 1. The number of hydrogen-bond donors (Lipinski definition) is 4. The van der Waals surface area contributed by atoms with Crippen LogP contribution < -0.4 is 11.6 Å². The predicted molar refractivity (Wildman–Crippen MR) is 97.8 cm³/mol. The lowest BCUT2D eigenvalue weighted by molar-refractivity contribution is 0.269. The number of hydrazone groups is 1. The fourth-order valence-corrected chi connectivity index (χ4v) is 2.45. The number of aliphatic hydroxyl groups excluding tert-OH is 1. The van der Waals surface area contributed by atoms with Gasteiger partial charge in [-0.05, 0) is 12.1 Å². The third-order valence-corrected chi connectivity index (χ3v) is 3.60. The molecular formula is C16H18N8O2. The normalized spacial score (nSPS) is 12.3. The van der Waals surface area contributed by atoms with Gasteiger partial charge in [-0.2, -0.15) is 10.2 Å². The Balaban J connectivity index is 1.87. The number of aromatic nitrogens is 4. The number of nitrogens with zero attached hydrogens (tertiary/aromatic N) is 6. The molecule has 0 aliphatic heterocycles. The van der Waals surface area contributed by atoms with Crippen LogP contribution in [0.15, 0.2) is 40.6 Å². The largest absolute Gasteiger partial charge is 0.506 e. The van der Waals surface area contributed by atoms with Crippen molar-refractivity contribution in [2.24, 2.45) is 15.9 Å². The van der Waals surface area contributed by atoms with Crippen LogP contribution in [0.5, 0.6) is 5.75 Å². The summed E-state index contributed by atoms with van der Waals surface area (Å²) in [5.41, 5.74) is 7.45. The Labute approximate surface area is 148 Å². The molecule has 0 aliphatic rings. The molecule has 0 saturated carbocycles. The highest BCUT2D eigenvalue weighted by molar-refractivity contribution is 6.40. The minimum absolute atomic E-state index is 0.00806. The Morgan fingerprint density at radius 1 is 1.27 bits per heavy atom. The van der Waals surface area contributed by atoms with Crippen LogP contribution in [0.3, 0.4) is 0 Å². The van der Waals surface area contributed by atoms with E-state index in [0.29, 0.717) is 35.4 Å². The topological polar surface area (TPSA) is 161 Å². The van der Waals surface area contributed by atoms with Gasteiger partial charge in [-0.1, -0.05) is 12.1 Å². The number of aliphatic hydroxyl groups is 1. The van der Waals surface area contributed by atoms with E-state index in [0.717, 1.165) is 5.69 Å². The van der Waals surface area contributed by atoms with Gasteiger partial charge in [0.2, 0.25) is 5.95 Å². The second-order valence-corrected chi connectivity index (χ2v) is 5.38. The molecular weight excluding hydrogens is 336 g/mol. The molecule has 1 aromatic carbocycles. The summed E-state index contributed by atoms with van der Waals surface area (Å²) in [7, 11) is 0. The van der Waals surface area contributed by atoms with Crippen LogP contribution in [0.25, 0.3) is 10.9 Å². The van der Waals surface area contributed by atoms with Gasteiger partial charge in [-0.3, -0.25) is 9.67 Å². The monoisotopic (exact) mass is 354 g/mol. The van der Waals surface area contributed by atoms with Gasteiger partial charge < -0.3 is 21.8 Å². The molecule has 10 nitrogen and oxygen atoms in total. The quantitative estimate of drug-likeness (QED) is 0.276. The molecule has 3 aromatic rings. The molecule has 0 saturated heterocycles. The highest BCUT2D eigenvalue weighted by atomic mass is 16.3. The molecule has 0 aliphatic carbocycles. The number of para-hydroxylation sites is 1. The third kappa shape index (κ3) is 3.59. The zero-order chi connectivity index (χ0) is 18.5. The second kappa shape index (κ2) is 7.57. The molecule has 0 fully saturated rings. The number of nitrogens with two attached hydrogens (primary N) is 2. The summed E-state index contributed by atoms with van der Waals surface area (Å²) >= 11 is 0. The van der Waals surface area contributed by atoms with Crippen molar-refractivity contribution in [2.45, 2.75) is 13.1 Å². The van der Waals surface area contributed by atoms with Crippen LogP contribution in [-0.4, -0.2) is 48.5 Å². The fourth-order valence-electron chi connectivity index (χ4n) is 2.45. The summed E-state index contributed by atoms with van der Waals surface area (Å²) in [4.78, 5) is 12.5. The first-order chi connectivity index (χ1) is 12.6. The Bertz CT molecular complexity index is 980. The van der Waals surface area contributed by atoms with Crippen molar-refractivity contribution in [3.8, 4) is 5.75 Å². The van der Waals surface area contributed by atoms with Crippen LogP contribution in [0.1, 0.15) is 11.4 Å². The van der Waals surface area contributed by atoms with Crippen LogP contribution in [-0.2, 0) is 13.1 Å². The summed E-state index contributed by atoms with van der Waals surface area (Å²) < 4.78 is 1.63. The van der Waals surface area contributed by atoms with Crippen molar-refractivity contribution in [1.29, 1.82) is 0 Å². The summed E-state index contributed by atoms with van der Waals surface area (Å²) in [6.45, 7) is 0.750. The minimum atomic E-state index is -0.0133. The van der Waals surface area contributed by atoms with Crippen LogP contribution in [0, 0.1) is 0 Å². The molecule has 0 amide bonds. The smallest absolute Gasteiger partial charge is 0.221 e. The van der Waals surface area contributed by atoms with Crippen LogP contribution in [0.4, 0.5) is 5.95 Å². The van der Waals surface area contributed by atoms with E-state index in [1.807, 2.05) is 6.07 Å². The molecule has 0 bridgehead atoms. The lowest BCUT2D eigenvalue weighted by Gasteiger charge is -2.07. The van der Waals surface area contributed by atoms with Gasteiger partial charge in [0.1, 0.15) is 22.7 Å². The van der Waals surface area contributed by atoms with Gasteiger partial charge in [0, 0.05) is 11.6 Å². The van der Waals surface area contributed by atoms with Gasteiger partial charge in [-0.25, -0.2) is 9.97 Å². The summed E-state index contributed by atoms with van der Waals surface area (Å²) in [5.74, 6) is 5.47. The first-order valence-electron chi connectivity index (χ1n) is 7.79. The molecule has 2 aromatic heterocycles. The van der Waals surface area contributed by atoms with E-state index in [4.69, 9.17) is 16.7 Å². The highest BCUT2D eigenvalue weighted by Gasteiger charge is 2.13. The number of phenolic OH excluding ortho intramolecular Hbond substituents is 1. The van der Waals surface area contributed by atoms with E-state index in [-0.39, 0.29) is 18.3 Å². The molecule has 134 valence electrons. The maximum atomic E-state index is 9.97. The maximum Gasteiger partial charge on any atom is 0.221 e. The number of nitrogen functional groups attached to an aromatic ring is 1. The molecule has 0 spiro atoms. The Hall–Kier alpha value is -3.53. The van der Waals surface area contributed by atoms with Crippen molar-refractivity contribution in [3.05, 3.63) is 41.9 Å². The van der Waals surface area contributed by atoms with E-state index in [9.17, 15) is 5.11 Å². The number of rotatable bonds is 6. The zero-order valence-electron chi connectivity index (χ0n) is 13.8. The van der Waals surface area contributed by atoms with Gasteiger partial charge in [-0.15, -0.1) is 0 Å². The zero-order valence-corrected chi connectivity index (χ0v) is 13.8. The van der Waals surface area contributed by atoms with Gasteiger partial charge in [0.05, 0.1) is 31.6 Å². The number of aromatic hydroxyl groups is 1. The van der Waals surface area contributed by atoms with E-state index in [1.54, 1.807) is 23.0 Å². The molecule has 0 unspecified atom stereocenters. The molecule has 6 N–H and O–H groups in total. The van der Waals surface area contributed by atoms with Gasteiger partial charge in [0.25, 0.3) is 0 Å². The number of fused-ring (bicyclic) bond motifs is 1. The molecule has 26 heavy (non-hydrogen) atoms. The number of aliphatic imine (C=N–C) groups is 1. The first kappa shape index (κ1) is 17.3. The minimum Gasteiger partial charge on any atom is -0.506 e. The van der Waals surface area contributed by atoms with Crippen molar-refractivity contribution < 1.29 is 10.2 Å². The molecule has 0 atom stereocenters. The molecule has 2 heterocycles. The average molecular weight is 354 g/mol. The number of hydrogen-bond acceptors (Lipinski definition) is 9. The van der Waals surface area contributed by atoms with Crippen LogP contribution in [0.2, 0.25) is 0 Å². The van der Waals surface area contributed by atoms with E-state index in [2.05, 4.69) is 25.2 Å². The summed E-state index contributed by atoms with van der Waals surface area (Å²) in [6, 6.07) is 6.72. The lowest BCUT2D eigenvalue weighted by Crippen LogP contribution is -2.12. The third-order valence-electron chi connectivity index (χ3n) is 3.60. The molecule has 3 rings (SSSR count). The van der Waals surface area contributed by atoms with E-state index in [1.165, 1.54) is 12.3 Å². The van der Waals surface area contributed by atoms with Crippen molar-refractivity contribution >= 4 is 28.8 Å². The summed E-state index contributed by atoms with van der Waals surface area (Å²) in [5, 5.41) is 27.4. The van der Waals surface area contributed by atoms with Crippen LogP contribution >= 0.6 is 0 Å². The lowest BCUT2D eigenvalue weighted by atomic mass is 10.1. The maximum absolute atomic E-state index is 9.97. The van der Waals surface area contributed by atoms with E-state index < -0.39 is 0 Å². The predicted octanol–water partition coefficient (Wildman–Crippen LogP) is 0.0402. The Morgan fingerprint density at radius 3 is 2.88 bits per heavy atom. The fraction of sp³-hybridized carbons (Fsp3) is 0.188. The highest BCUT2D eigenvalue weighted by Crippen LogP contribution is 2.25. The molecule has 0 radical (unpaired) electrons. The standard InChI is InChI=1S/C16H18N8O2/c17-16-20-14(11-2-1-3-13(26)15(11)21-16)12(22-18)9-19-8-10-4-5-24(23-10)6-7-25/h1-5,9,25-26H,6-8,18H2,(H2,17,20,21). The second-order valence-electron chi connectivity index (χ2n) is 5.38. The van der Waals surface area contributed by atoms with Crippen molar-refractivity contribution in [2.75, 3.05) is 12.3 Å². The average Bonchev–Trinajstić information content (AvgIpc) is 3.07. The Kier molecular flexibility index (Phi) is 5.04. The van der Waals surface area contributed by atoms with E-state index >= 15 is 0 Å². The first-order valence-corrected chi connectivity index (χ1v) is 7.79. The summed E-state index contributed by atoms with van der Waals surface area (Å²) in [6.07, 6.45) is 3.23. The SMILES string of the molecule is NN=C(C=NCc1ccn(CCO)n1)c1nc(N)nc2c(O)cccc12. The number of anilines is 1. The number of phenols is 1.